The maximum atomic E-state index is 11.1. The molecular formula is C29H60O5. The van der Waals surface area contributed by atoms with E-state index in [-0.39, 0.29) is 13.2 Å². The van der Waals surface area contributed by atoms with E-state index in [4.69, 9.17) is 15.3 Å². The van der Waals surface area contributed by atoms with Gasteiger partial charge in [0, 0.05) is 6.42 Å². The fourth-order valence-corrected chi connectivity index (χ4v) is 4.31. The number of carboxylic acid groups (broad SMARTS) is 1. The van der Waals surface area contributed by atoms with Gasteiger partial charge in [-0.25, -0.2) is 0 Å². The fourth-order valence-electron chi connectivity index (χ4n) is 4.31. The first-order valence-corrected chi connectivity index (χ1v) is 14.6. The van der Waals surface area contributed by atoms with Crippen molar-refractivity contribution >= 4 is 5.97 Å². The van der Waals surface area contributed by atoms with Crippen molar-refractivity contribution in [1.82, 2.24) is 0 Å². The molecule has 0 saturated carbocycles. The summed E-state index contributed by atoms with van der Waals surface area (Å²) in [5.74, 6) is -0.191. The highest BCUT2D eigenvalue weighted by Crippen LogP contribution is 2.22. The topological polar surface area (TPSA) is 87.0 Å². The molecule has 0 fully saturated rings. The van der Waals surface area contributed by atoms with Crippen molar-refractivity contribution in [1.29, 1.82) is 0 Å². The summed E-state index contributed by atoms with van der Waals surface area (Å²) in [4.78, 5) is 11.1. The Bertz CT molecular complexity index is 372. The quantitative estimate of drug-likeness (QED) is 0.108. The van der Waals surface area contributed by atoms with Crippen molar-refractivity contribution in [2.75, 3.05) is 26.4 Å². The minimum atomic E-state index is -0.605. The van der Waals surface area contributed by atoms with Crippen LogP contribution in [0.25, 0.3) is 0 Å². The van der Waals surface area contributed by atoms with Crippen molar-refractivity contribution in [2.45, 2.75) is 149 Å². The Balaban J connectivity index is 0. The molecule has 1 atom stereocenters. The summed E-state index contributed by atoms with van der Waals surface area (Å²) in [5, 5.41) is 25.3. The molecule has 206 valence electrons. The van der Waals surface area contributed by atoms with Crippen LogP contribution in [0, 0.1) is 5.92 Å². The number of rotatable bonds is 26. The maximum absolute atomic E-state index is 11.1. The Morgan fingerprint density at radius 2 is 0.912 bits per heavy atom. The van der Waals surface area contributed by atoms with Gasteiger partial charge >= 0.3 is 5.97 Å². The number of unbranched alkanes of at least 4 members (excludes halogenated alkanes) is 16. The number of ether oxygens (including phenoxy) is 1. The molecular weight excluding hydrogens is 428 g/mol. The summed E-state index contributed by atoms with van der Waals surface area (Å²) in [7, 11) is 0. The minimum Gasteiger partial charge on any atom is -0.481 e. The van der Waals surface area contributed by atoms with Crippen LogP contribution in [0.3, 0.4) is 0 Å². The number of aliphatic carboxylic acids is 1. The Labute approximate surface area is 212 Å². The molecule has 5 nitrogen and oxygen atoms in total. The smallest absolute Gasteiger partial charge is 0.303 e. The van der Waals surface area contributed by atoms with E-state index in [2.05, 4.69) is 18.6 Å². The van der Waals surface area contributed by atoms with Crippen molar-refractivity contribution in [3.8, 4) is 0 Å². The molecule has 0 aromatic carbocycles. The van der Waals surface area contributed by atoms with E-state index >= 15 is 0 Å². The monoisotopic (exact) mass is 488 g/mol. The molecule has 0 aromatic heterocycles. The highest BCUT2D eigenvalue weighted by Gasteiger charge is 2.12. The lowest BCUT2D eigenvalue weighted by atomic mass is 9.91. The molecule has 0 aliphatic rings. The van der Waals surface area contributed by atoms with Crippen LogP contribution in [0.5, 0.6) is 0 Å². The van der Waals surface area contributed by atoms with E-state index in [1.807, 2.05) is 0 Å². The Morgan fingerprint density at radius 1 is 0.588 bits per heavy atom. The third kappa shape index (κ3) is 33.5. The van der Waals surface area contributed by atoms with Crippen LogP contribution in [0.4, 0.5) is 0 Å². The van der Waals surface area contributed by atoms with E-state index in [1.54, 1.807) is 0 Å². The lowest BCUT2D eigenvalue weighted by Gasteiger charge is -2.14. The van der Waals surface area contributed by atoms with Gasteiger partial charge in [-0.3, -0.25) is 4.79 Å². The van der Waals surface area contributed by atoms with Crippen LogP contribution in [0.15, 0.2) is 0 Å². The lowest BCUT2D eigenvalue weighted by Crippen LogP contribution is -2.08. The van der Waals surface area contributed by atoms with Crippen molar-refractivity contribution in [2.24, 2.45) is 5.92 Å². The van der Waals surface area contributed by atoms with E-state index < -0.39 is 5.97 Å². The van der Waals surface area contributed by atoms with Crippen LogP contribution in [-0.2, 0) is 9.53 Å². The molecule has 0 rings (SSSR count). The van der Waals surface area contributed by atoms with Gasteiger partial charge in [0.05, 0.1) is 26.4 Å². The van der Waals surface area contributed by atoms with Gasteiger partial charge in [0.2, 0.25) is 0 Å². The molecule has 0 heterocycles. The second-order valence-electron chi connectivity index (χ2n) is 9.76. The minimum absolute atomic E-state index is 0.0278. The third-order valence-electron chi connectivity index (χ3n) is 6.37. The van der Waals surface area contributed by atoms with E-state index in [9.17, 15) is 4.79 Å². The Kier molecular flexibility index (Phi) is 33.8. The first-order valence-electron chi connectivity index (χ1n) is 14.6. The zero-order valence-corrected chi connectivity index (χ0v) is 22.9. The van der Waals surface area contributed by atoms with Gasteiger partial charge in [0.25, 0.3) is 0 Å². The Morgan fingerprint density at radius 3 is 1.21 bits per heavy atom. The average Bonchev–Trinajstić information content (AvgIpc) is 2.82. The van der Waals surface area contributed by atoms with Crippen LogP contribution in [0.2, 0.25) is 0 Å². The molecule has 3 N–H and O–H groups in total. The predicted octanol–water partition coefficient (Wildman–Crippen LogP) is 7.91. The summed E-state index contributed by atoms with van der Waals surface area (Å²) < 4.78 is 4.63. The molecule has 1 unspecified atom stereocenters. The first-order chi connectivity index (χ1) is 16.6. The van der Waals surface area contributed by atoms with Crippen LogP contribution in [-0.4, -0.2) is 47.7 Å². The number of hydrogen-bond acceptors (Lipinski definition) is 4. The Hall–Kier alpha value is -0.650. The largest absolute Gasteiger partial charge is 0.481 e. The number of aliphatic hydroxyl groups excluding tert-OH is 2. The van der Waals surface area contributed by atoms with Gasteiger partial charge in [-0.2, -0.15) is 0 Å². The van der Waals surface area contributed by atoms with Crippen molar-refractivity contribution in [3.63, 3.8) is 0 Å². The van der Waals surface area contributed by atoms with Crippen molar-refractivity contribution < 1.29 is 24.9 Å². The highest BCUT2D eigenvalue weighted by molar-refractivity contribution is 5.66. The van der Waals surface area contributed by atoms with Crippen LogP contribution in [0.1, 0.15) is 149 Å². The molecule has 0 amide bonds. The summed E-state index contributed by atoms with van der Waals surface area (Å²) >= 11 is 0. The second kappa shape index (κ2) is 32.4. The third-order valence-corrected chi connectivity index (χ3v) is 6.37. The molecule has 0 aliphatic carbocycles. The summed E-state index contributed by atoms with van der Waals surface area (Å²) in [6, 6.07) is 0. The lowest BCUT2D eigenvalue weighted by molar-refractivity contribution is -0.138. The molecule has 0 radical (unpaired) electrons. The molecule has 0 bridgehead atoms. The van der Waals surface area contributed by atoms with Gasteiger partial charge in [-0.05, 0) is 18.8 Å². The number of aliphatic hydroxyl groups is 2. The molecule has 5 heteroatoms. The molecule has 34 heavy (non-hydrogen) atoms. The molecule has 0 saturated heterocycles. The molecule has 0 spiro atoms. The number of carboxylic acids is 1. The van der Waals surface area contributed by atoms with E-state index in [0.29, 0.717) is 25.6 Å². The predicted molar refractivity (Wildman–Crippen MR) is 144 cm³/mol. The molecule has 0 aromatic rings. The molecule has 0 aliphatic heterocycles. The van der Waals surface area contributed by atoms with Gasteiger partial charge in [-0.1, -0.05) is 129 Å². The summed E-state index contributed by atoms with van der Waals surface area (Å²) in [5.41, 5.74) is 0. The van der Waals surface area contributed by atoms with Crippen molar-refractivity contribution in [3.05, 3.63) is 0 Å². The van der Waals surface area contributed by atoms with Crippen LogP contribution < -0.4 is 0 Å². The summed E-state index contributed by atoms with van der Waals surface area (Å²) in [6.45, 7) is 5.23. The van der Waals surface area contributed by atoms with E-state index in [0.717, 1.165) is 12.8 Å². The average molecular weight is 489 g/mol. The standard InChI is InChI=1S/C25H50O2.C4H10O3/c1-3-5-7-9-11-13-14-16-18-20-22-24(23-25(26)27)21-19-17-15-12-10-8-6-4-2;5-1-3-7-4-2-6/h24H,3-23H2,1-2H3,(H,26,27);5-6H,1-4H2. The second-order valence-corrected chi connectivity index (χ2v) is 9.76. The highest BCUT2D eigenvalue weighted by atomic mass is 16.5. The maximum Gasteiger partial charge on any atom is 0.303 e. The first kappa shape index (κ1) is 35.5. The number of hydrogen-bond donors (Lipinski definition) is 3. The normalized spacial score (nSPS) is 11.8. The van der Waals surface area contributed by atoms with Crippen LogP contribution >= 0.6 is 0 Å². The zero-order chi connectivity index (χ0) is 25.5. The number of carbonyl (C=O) groups is 1. The van der Waals surface area contributed by atoms with Gasteiger partial charge in [-0.15, -0.1) is 0 Å². The zero-order valence-electron chi connectivity index (χ0n) is 22.9. The SMILES string of the molecule is CCCCCCCCCCCCC(CCCCCCCCCC)CC(=O)O.OCCOCCO. The van der Waals surface area contributed by atoms with E-state index in [1.165, 1.54) is 116 Å². The summed E-state index contributed by atoms with van der Waals surface area (Å²) in [6.07, 6.45) is 26.9. The van der Waals surface area contributed by atoms with Gasteiger partial charge in [0.1, 0.15) is 0 Å². The van der Waals surface area contributed by atoms with Gasteiger partial charge in [0.15, 0.2) is 0 Å². The van der Waals surface area contributed by atoms with Gasteiger partial charge < -0.3 is 20.1 Å². The fraction of sp³-hybridized carbons (Fsp3) is 0.966.